The summed E-state index contributed by atoms with van der Waals surface area (Å²) >= 11 is 6.09. The van der Waals surface area contributed by atoms with Gasteiger partial charge in [0.2, 0.25) is 0 Å². The van der Waals surface area contributed by atoms with Crippen molar-refractivity contribution in [3.8, 4) is 0 Å². The fraction of sp³-hybridized carbons (Fsp3) is 0.600. The second-order valence-electron chi connectivity index (χ2n) is 8.79. The fourth-order valence-electron chi connectivity index (χ4n) is 4.08. The van der Waals surface area contributed by atoms with Crippen LogP contribution in [0.15, 0.2) is 35.0 Å². The molecule has 0 saturated carbocycles. The molecule has 1 aliphatic rings. The second kappa shape index (κ2) is 6.24. The number of thiophene rings is 2. The van der Waals surface area contributed by atoms with Crippen molar-refractivity contribution in [2.45, 2.75) is 52.0 Å². The maximum absolute atomic E-state index is 2.44. The molecule has 1 aliphatic heterocycles. The summed E-state index contributed by atoms with van der Waals surface area (Å²) < 4.78 is 0. The Bertz CT molecular complexity index is 555. The first-order valence-electron chi connectivity index (χ1n) is 8.42. The SMILES string of the molecule is CC(C)(C)C1C(c2cccs2)SC(c2cccs2)C1C(C)(C)C. The van der Waals surface area contributed by atoms with Crippen molar-refractivity contribution in [2.24, 2.45) is 22.7 Å². The zero-order valence-corrected chi connectivity index (χ0v) is 17.4. The Balaban J connectivity index is 2.09. The molecule has 0 aliphatic carbocycles. The van der Waals surface area contributed by atoms with Crippen LogP contribution in [0.3, 0.4) is 0 Å². The molecule has 4 unspecified atom stereocenters. The van der Waals surface area contributed by atoms with Gasteiger partial charge in [-0.25, -0.2) is 0 Å². The van der Waals surface area contributed by atoms with Crippen LogP contribution in [0.4, 0.5) is 0 Å². The van der Waals surface area contributed by atoms with Gasteiger partial charge in [0.15, 0.2) is 0 Å². The molecule has 2 aromatic heterocycles. The highest BCUT2D eigenvalue weighted by atomic mass is 32.2. The van der Waals surface area contributed by atoms with E-state index in [1.165, 1.54) is 0 Å². The summed E-state index contributed by atoms with van der Waals surface area (Å²) in [5, 5.41) is 5.71. The predicted octanol–water partition coefficient (Wildman–Crippen LogP) is 7.66. The zero-order valence-electron chi connectivity index (χ0n) is 15.0. The number of rotatable bonds is 2. The molecule has 1 fully saturated rings. The Kier molecular flexibility index (Phi) is 4.76. The molecule has 3 heteroatoms. The summed E-state index contributed by atoms with van der Waals surface area (Å²) in [4.78, 5) is 3.12. The molecule has 0 radical (unpaired) electrons. The van der Waals surface area contributed by atoms with Crippen LogP contribution < -0.4 is 0 Å². The lowest BCUT2D eigenvalue weighted by Gasteiger charge is -2.42. The van der Waals surface area contributed by atoms with Gasteiger partial charge in [-0.3, -0.25) is 0 Å². The Morgan fingerprint density at radius 1 is 0.696 bits per heavy atom. The van der Waals surface area contributed by atoms with Crippen LogP contribution in [0.25, 0.3) is 0 Å². The van der Waals surface area contributed by atoms with Crippen LogP contribution in [0.1, 0.15) is 61.8 Å². The first-order chi connectivity index (χ1) is 10.7. The molecular weight excluding hydrogens is 336 g/mol. The van der Waals surface area contributed by atoms with Crippen LogP contribution in [-0.2, 0) is 0 Å². The Morgan fingerprint density at radius 3 is 1.35 bits per heavy atom. The lowest BCUT2D eigenvalue weighted by Crippen LogP contribution is -2.36. The minimum absolute atomic E-state index is 0.311. The van der Waals surface area contributed by atoms with Gasteiger partial charge in [0, 0.05) is 20.3 Å². The molecule has 0 N–H and O–H groups in total. The van der Waals surface area contributed by atoms with Gasteiger partial charge < -0.3 is 0 Å². The molecule has 4 atom stereocenters. The lowest BCUT2D eigenvalue weighted by atomic mass is 9.62. The Labute approximate surface area is 153 Å². The highest BCUT2D eigenvalue weighted by Gasteiger charge is 2.54. The largest absolute Gasteiger partial charge is 0.148 e. The zero-order chi connectivity index (χ0) is 16.8. The Hall–Kier alpha value is -0.250. The first kappa shape index (κ1) is 17.6. The van der Waals surface area contributed by atoms with E-state index in [9.17, 15) is 0 Å². The van der Waals surface area contributed by atoms with E-state index >= 15 is 0 Å². The molecule has 2 aromatic rings. The number of thioether (sulfide) groups is 1. The quantitative estimate of drug-likeness (QED) is 0.527. The van der Waals surface area contributed by atoms with Crippen molar-refractivity contribution in [3.05, 3.63) is 44.8 Å². The molecule has 1 saturated heterocycles. The minimum atomic E-state index is 0.311. The molecule has 0 spiro atoms. The molecule has 3 rings (SSSR count). The monoisotopic (exact) mass is 364 g/mol. The fourth-order valence-corrected chi connectivity index (χ4v) is 8.49. The summed E-state index contributed by atoms with van der Waals surface area (Å²) in [6.45, 7) is 14.6. The summed E-state index contributed by atoms with van der Waals surface area (Å²) in [5.74, 6) is 1.39. The van der Waals surface area contributed by atoms with Crippen LogP contribution >= 0.6 is 34.4 Å². The maximum atomic E-state index is 2.44. The van der Waals surface area contributed by atoms with E-state index in [2.05, 4.69) is 88.3 Å². The molecule has 0 aromatic carbocycles. The average Bonchev–Trinajstić information content (AvgIpc) is 3.16. The molecular formula is C20H28S3. The number of hydrogen-bond acceptors (Lipinski definition) is 3. The van der Waals surface area contributed by atoms with E-state index in [4.69, 9.17) is 0 Å². The van der Waals surface area contributed by atoms with Crippen LogP contribution in [0.2, 0.25) is 0 Å². The first-order valence-corrected chi connectivity index (χ1v) is 11.1. The molecule has 23 heavy (non-hydrogen) atoms. The summed E-state index contributed by atoms with van der Waals surface area (Å²) in [6.07, 6.45) is 0. The van der Waals surface area contributed by atoms with Gasteiger partial charge in [0.05, 0.1) is 0 Å². The summed E-state index contributed by atoms with van der Waals surface area (Å²) in [7, 11) is 0. The maximum Gasteiger partial charge on any atom is 0.0434 e. The van der Waals surface area contributed by atoms with E-state index in [-0.39, 0.29) is 0 Å². The summed E-state index contributed by atoms with van der Waals surface area (Å²) in [5.41, 5.74) is 0.622. The standard InChI is InChI=1S/C20H28S3/c1-19(2,3)15-16(20(4,5)6)18(14-10-8-12-22-14)23-17(15)13-9-7-11-21-13/h7-12,15-18H,1-6H3. The van der Waals surface area contributed by atoms with Gasteiger partial charge in [0.25, 0.3) is 0 Å². The van der Waals surface area contributed by atoms with E-state index in [0.717, 1.165) is 0 Å². The van der Waals surface area contributed by atoms with Crippen molar-refractivity contribution in [1.29, 1.82) is 0 Å². The van der Waals surface area contributed by atoms with Gasteiger partial charge in [-0.05, 0) is 45.6 Å². The number of hydrogen-bond donors (Lipinski definition) is 0. The molecule has 0 bridgehead atoms. The van der Waals surface area contributed by atoms with Crippen molar-refractivity contribution in [3.63, 3.8) is 0 Å². The van der Waals surface area contributed by atoms with E-state index in [1.807, 2.05) is 22.7 Å². The van der Waals surface area contributed by atoms with Gasteiger partial charge in [-0.2, -0.15) is 0 Å². The van der Waals surface area contributed by atoms with Gasteiger partial charge in [0.1, 0.15) is 0 Å². The third-order valence-corrected chi connectivity index (χ3v) is 8.87. The van der Waals surface area contributed by atoms with Crippen LogP contribution in [-0.4, -0.2) is 0 Å². The third-order valence-electron chi connectivity index (χ3n) is 4.98. The van der Waals surface area contributed by atoms with Gasteiger partial charge in [-0.15, -0.1) is 34.4 Å². The van der Waals surface area contributed by atoms with E-state index in [0.29, 0.717) is 33.2 Å². The van der Waals surface area contributed by atoms with Gasteiger partial charge >= 0.3 is 0 Å². The van der Waals surface area contributed by atoms with Crippen molar-refractivity contribution >= 4 is 34.4 Å². The second-order valence-corrected chi connectivity index (χ2v) is 12.0. The van der Waals surface area contributed by atoms with Crippen molar-refractivity contribution in [2.75, 3.05) is 0 Å². The smallest absolute Gasteiger partial charge is 0.0434 e. The molecule has 126 valence electrons. The van der Waals surface area contributed by atoms with Crippen LogP contribution in [0, 0.1) is 22.7 Å². The topological polar surface area (TPSA) is 0 Å². The van der Waals surface area contributed by atoms with Crippen LogP contribution in [0.5, 0.6) is 0 Å². The molecule has 0 nitrogen and oxygen atoms in total. The van der Waals surface area contributed by atoms with E-state index in [1.54, 1.807) is 9.75 Å². The average molecular weight is 365 g/mol. The predicted molar refractivity (Wildman–Crippen MR) is 108 cm³/mol. The van der Waals surface area contributed by atoms with Crippen molar-refractivity contribution in [1.82, 2.24) is 0 Å². The van der Waals surface area contributed by atoms with E-state index < -0.39 is 0 Å². The summed E-state index contributed by atoms with van der Waals surface area (Å²) in [6, 6.07) is 9.12. The Morgan fingerprint density at radius 2 is 1.09 bits per heavy atom. The molecule has 0 amide bonds. The normalized spacial score (nSPS) is 29.1. The molecule has 3 heterocycles. The third kappa shape index (κ3) is 3.43. The van der Waals surface area contributed by atoms with Gasteiger partial charge in [-0.1, -0.05) is 53.7 Å². The lowest BCUT2D eigenvalue weighted by molar-refractivity contribution is 0.0803. The van der Waals surface area contributed by atoms with Crippen molar-refractivity contribution < 1.29 is 0 Å². The minimum Gasteiger partial charge on any atom is -0.148 e. The highest BCUT2D eigenvalue weighted by Crippen LogP contribution is 2.68. The highest BCUT2D eigenvalue weighted by molar-refractivity contribution is 8.00.